The number of pyridine rings is 1. The summed E-state index contributed by atoms with van der Waals surface area (Å²) < 4.78 is 0.141. The smallest absolute Gasteiger partial charge is 0.265 e. The molecule has 0 aliphatic carbocycles. The first kappa shape index (κ1) is 7.64. The van der Waals surface area contributed by atoms with Crippen LogP contribution in [0.2, 0.25) is 0 Å². The van der Waals surface area contributed by atoms with E-state index in [9.17, 15) is 4.79 Å². The molecule has 2 aromatic heterocycles. The van der Waals surface area contributed by atoms with Crippen molar-refractivity contribution in [2.75, 3.05) is 0 Å². The average Bonchev–Trinajstić information content (AvgIpc) is 2.54. The van der Waals surface area contributed by atoms with E-state index in [1.165, 1.54) is 22.7 Å². The molecule has 2 rings (SSSR count). The Morgan fingerprint density at radius 2 is 2.00 bits per heavy atom. The van der Waals surface area contributed by atoms with Gasteiger partial charge in [0.2, 0.25) is 0 Å². The molecule has 0 aromatic carbocycles. The third kappa shape index (κ3) is 1.44. The molecule has 60 valence electrons. The van der Waals surface area contributed by atoms with E-state index < -0.39 is 0 Å². The maximum Gasteiger partial charge on any atom is 0.287 e. The summed E-state index contributed by atoms with van der Waals surface area (Å²) in [5.74, 6) is 0. The summed E-state index contributed by atoms with van der Waals surface area (Å²) in [7, 11) is 0. The maximum atomic E-state index is 10.9. The lowest BCUT2D eigenvalue weighted by Gasteiger charge is -1.91. The minimum Gasteiger partial charge on any atom is -0.265 e. The van der Waals surface area contributed by atoms with Gasteiger partial charge < -0.3 is 0 Å². The van der Waals surface area contributed by atoms with E-state index in [-0.39, 0.29) is 4.06 Å². The summed E-state index contributed by atoms with van der Waals surface area (Å²) in [5.41, 5.74) is 1.06. The van der Waals surface area contributed by atoms with Crippen LogP contribution in [-0.4, -0.2) is 4.98 Å². The minimum atomic E-state index is 0.141. The normalized spacial score (nSPS) is 10.0. The highest BCUT2D eigenvalue weighted by Crippen LogP contribution is 2.22. The van der Waals surface area contributed by atoms with Gasteiger partial charge in [0, 0.05) is 22.7 Å². The fourth-order valence-corrected chi connectivity index (χ4v) is 2.60. The Kier molecular flexibility index (Phi) is 2.01. The van der Waals surface area contributed by atoms with Gasteiger partial charge >= 0.3 is 0 Å². The van der Waals surface area contributed by atoms with Crippen molar-refractivity contribution in [3.63, 3.8) is 0 Å². The third-order valence-corrected chi connectivity index (χ3v) is 3.39. The Morgan fingerprint density at radius 1 is 1.25 bits per heavy atom. The van der Waals surface area contributed by atoms with Crippen LogP contribution in [0.5, 0.6) is 0 Å². The van der Waals surface area contributed by atoms with E-state index in [0.29, 0.717) is 0 Å². The Balaban J connectivity index is 2.51. The molecule has 0 aliphatic rings. The van der Waals surface area contributed by atoms with Gasteiger partial charge in [-0.15, -0.1) is 0 Å². The number of rotatable bonds is 1. The monoisotopic (exact) mass is 195 g/mol. The first-order valence-corrected chi connectivity index (χ1v) is 5.05. The SMILES string of the molecule is O=c1scc(-c2ccncc2)s1. The van der Waals surface area contributed by atoms with Crippen LogP contribution in [0, 0.1) is 0 Å². The molecule has 0 atom stereocenters. The number of hydrogen-bond acceptors (Lipinski definition) is 4. The lowest BCUT2D eigenvalue weighted by atomic mass is 10.2. The molecule has 0 unspecified atom stereocenters. The van der Waals surface area contributed by atoms with Gasteiger partial charge in [-0.1, -0.05) is 22.7 Å². The van der Waals surface area contributed by atoms with Gasteiger partial charge in [0.05, 0.1) is 0 Å². The van der Waals surface area contributed by atoms with Crippen molar-refractivity contribution in [2.45, 2.75) is 0 Å². The molecule has 0 amide bonds. The van der Waals surface area contributed by atoms with Gasteiger partial charge in [0.1, 0.15) is 0 Å². The van der Waals surface area contributed by atoms with E-state index in [1.807, 2.05) is 17.5 Å². The van der Waals surface area contributed by atoms with E-state index in [2.05, 4.69) is 4.98 Å². The molecule has 0 spiro atoms. The summed E-state index contributed by atoms with van der Waals surface area (Å²) in [5, 5.41) is 1.88. The number of aromatic nitrogens is 1. The second-order valence-electron chi connectivity index (χ2n) is 2.19. The molecular weight excluding hydrogens is 190 g/mol. The molecule has 4 heteroatoms. The average molecular weight is 195 g/mol. The summed E-state index contributed by atoms with van der Waals surface area (Å²) in [6.07, 6.45) is 3.45. The van der Waals surface area contributed by atoms with Gasteiger partial charge in [0.15, 0.2) is 0 Å². The molecule has 0 bridgehead atoms. The predicted octanol–water partition coefficient (Wildman–Crippen LogP) is 2.23. The summed E-state index contributed by atoms with van der Waals surface area (Å²) >= 11 is 2.52. The lowest BCUT2D eigenvalue weighted by molar-refractivity contribution is 1.33. The van der Waals surface area contributed by atoms with Crippen LogP contribution in [0.25, 0.3) is 10.4 Å². The summed E-state index contributed by atoms with van der Waals surface area (Å²) in [6, 6.07) is 3.80. The molecule has 0 N–H and O–H groups in total. The van der Waals surface area contributed by atoms with Gasteiger partial charge in [-0.2, -0.15) is 0 Å². The van der Waals surface area contributed by atoms with Crippen LogP contribution in [0.1, 0.15) is 0 Å². The highest BCUT2D eigenvalue weighted by atomic mass is 32.2. The lowest BCUT2D eigenvalue weighted by Crippen LogP contribution is -1.75. The van der Waals surface area contributed by atoms with Crippen molar-refractivity contribution >= 4 is 22.7 Å². The first-order valence-electron chi connectivity index (χ1n) is 3.35. The van der Waals surface area contributed by atoms with E-state index in [0.717, 1.165) is 10.4 Å². The van der Waals surface area contributed by atoms with Crippen molar-refractivity contribution in [1.82, 2.24) is 4.98 Å². The number of hydrogen-bond donors (Lipinski definition) is 0. The van der Waals surface area contributed by atoms with Crippen molar-refractivity contribution in [1.29, 1.82) is 0 Å². The zero-order chi connectivity index (χ0) is 8.39. The molecule has 0 radical (unpaired) electrons. The molecular formula is C8H5NOS2. The van der Waals surface area contributed by atoms with Crippen LogP contribution < -0.4 is 4.06 Å². The minimum absolute atomic E-state index is 0.141. The Hall–Kier alpha value is -1.000. The summed E-state index contributed by atoms with van der Waals surface area (Å²) in [4.78, 5) is 15.8. The number of nitrogens with zero attached hydrogens (tertiary/aromatic N) is 1. The van der Waals surface area contributed by atoms with Crippen LogP contribution in [0.15, 0.2) is 34.7 Å². The second-order valence-corrected chi connectivity index (χ2v) is 4.30. The molecule has 0 fully saturated rings. The first-order chi connectivity index (χ1) is 5.86. The predicted molar refractivity (Wildman–Crippen MR) is 51.7 cm³/mol. The fraction of sp³-hybridized carbons (Fsp3) is 0. The van der Waals surface area contributed by atoms with Crippen molar-refractivity contribution < 1.29 is 0 Å². The zero-order valence-corrected chi connectivity index (χ0v) is 7.69. The molecule has 0 aliphatic heterocycles. The van der Waals surface area contributed by atoms with Gasteiger partial charge in [0.25, 0.3) is 4.06 Å². The van der Waals surface area contributed by atoms with Gasteiger partial charge in [-0.25, -0.2) is 0 Å². The van der Waals surface area contributed by atoms with Crippen molar-refractivity contribution in [3.8, 4) is 10.4 Å². The van der Waals surface area contributed by atoms with Crippen LogP contribution in [0.4, 0.5) is 0 Å². The largest absolute Gasteiger partial charge is 0.287 e. The standard InChI is InChI=1S/C8H5NOS2/c10-8-11-5-7(12-8)6-1-3-9-4-2-6/h1-5H. The van der Waals surface area contributed by atoms with Crippen molar-refractivity contribution in [2.24, 2.45) is 0 Å². The van der Waals surface area contributed by atoms with E-state index in [4.69, 9.17) is 0 Å². The van der Waals surface area contributed by atoms with Crippen LogP contribution in [-0.2, 0) is 0 Å². The highest BCUT2D eigenvalue weighted by molar-refractivity contribution is 7.28. The quantitative estimate of drug-likeness (QED) is 0.698. The molecule has 2 aromatic rings. The van der Waals surface area contributed by atoms with Crippen molar-refractivity contribution in [3.05, 3.63) is 38.8 Å². The maximum absolute atomic E-state index is 10.9. The topological polar surface area (TPSA) is 30.0 Å². The van der Waals surface area contributed by atoms with Crippen LogP contribution >= 0.6 is 22.7 Å². The van der Waals surface area contributed by atoms with Gasteiger partial charge in [-0.05, 0) is 17.7 Å². The molecule has 0 saturated heterocycles. The zero-order valence-electron chi connectivity index (χ0n) is 6.06. The highest BCUT2D eigenvalue weighted by Gasteiger charge is 1.99. The Labute approximate surface area is 77.2 Å². The van der Waals surface area contributed by atoms with E-state index in [1.54, 1.807) is 12.4 Å². The summed E-state index contributed by atoms with van der Waals surface area (Å²) in [6.45, 7) is 0. The fourth-order valence-electron chi connectivity index (χ4n) is 0.883. The second kappa shape index (κ2) is 3.16. The molecule has 2 nitrogen and oxygen atoms in total. The third-order valence-electron chi connectivity index (χ3n) is 1.42. The molecule has 0 saturated carbocycles. The van der Waals surface area contributed by atoms with E-state index >= 15 is 0 Å². The van der Waals surface area contributed by atoms with Gasteiger partial charge in [-0.3, -0.25) is 9.78 Å². The Bertz CT molecular complexity index is 418. The molecule has 12 heavy (non-hydrogen) atoms. The Morgan fingerprint density at radius 3 is 2.58 bits per heavy atom. The van der Waals surface area contributed by atoms with Crippen LogP contribution in [0.3, 0.4) is 0 Å². The molecule has 2 heterocycles.